The summed E-state index contributed by atoms with van der Waals surface area (Å²) in [6.07, 6.45) is -4.55. The largest absolute Gasteiger partial charge is 0.469 e. The number of carbonyl (C=O) groups excluding carboxylic acids is 2. The first-order valence-corrected chi connectivity index (χ1v) is 14.0. The summed E-state index contributed by atoms with van der Waals surface area (Å²) in [6, 6.07) is 0.140. The molecule has 2 fully saturated rings. The van der Waals surface area contributed by atoms with Crippen LogP contribution in [0.15, 0.2) is 29.2 Å². The van der Waals surface area contributed by atoms with Gasteiger partial charge in [-0.05, 0) is 54.3 Å². The van der Waals surface area contributed by atoms with E-state index in [1.54, 1.807) is 6.07 Å². The van der Waals surface area contributed by atoms with Crippen LogP contribution in [0.1, 0.15) is 85.1 Å². The lowest BCUT2D eigenvalue weighted by Crippen LogP contribution is -2.37. The molecule has 1 unspecified atom stereocenters. The SMILES string of the molecule is O=C(CCC(F)(F)F)NC(c1cnn2cc([C@@H](NC(=O)c3conc3OCC(F)F)C3CCC(F)(F)CC3)nc2c1)C1CC1. The maximum Gasteiger partial charge on any atom is 0.389 e. The molecule has 5 rings (SSSR count). The van der Waals surface area contributed by atoms with Crippen LogP contribution in [-0.2, 0) is 4.79 Å². The molecule has 0 radical (unpaired) electrons. The smallest absolute Gasteiger partial charge is 0.389 e. The minimum atomic E-state index is -4.46. The van der Waals surface area contributed by atoms with Crippen molar-refractivity contribution in [2.24, 2.45) is 11.8 Å². The van der Waals surface area contributed by atoms with Crippen LogP contribution in [0.25, 0.3) is 5.65 Å². The van der Waals surface area contributed by atoms with E-state index in [2.05, 4.69) is 25.9 Å². The van der Waals surface area contributed by atoms with Crippen molar-refractivity contribution < 1.29 is 49.6 Å². The Morgan fingerprint density at radius 2 is 1.80 bits per heavy atom. The fraction of sp³-hybridized carbons (Fsp3) is 0.593. The summed E-state index contributed by atoms with van der Waals surface area (Å²) in [5.74, 6) is -5.32. The molecule has 2 aliphatic rings. The number of aromatic nitrogens is 4. The van der Waals surface area contributed by atoms with E-state index in [0.29, 0.717) is 11.2 Å². The number of nitrogens with one attached hydrogen (secondary N) is 2. The summed E-state index contributed by atoms with van der Waals surface area (Å²) in [4.78, 5) is 30.1. The van der Waals surface area contributed by atoms with Crippen molar-refractivity contribution in [3.8, 4) is 5.88 Å². The topological polar surface area (TPSA) is 124 Å². The fourth-order valence-electron chi connectivity index (χ4n) is 5.30. The van der Waals surface area contributed by atoms with Gasteiger partial charge in [-0.15, -0.1) is 0 Å². The van der Waals surface area contributed by atoms with E-state index in [-0.39, 0.29) is 30.0 Å². The number of imidazole rings is 1. The number of nitrogens with zero attached hydrogens (tertiary/aromatic N) is 4. The third-order valence-corrected chi connectivity index (χ3v) is 7.73. The molecule has 3 heterocycles. The van der Waals surface area contributed by atoms with Crippen LogP contribution >= 0.6 is 0 Å². The molecule has 240 valence electrons. The predicted molar refractivity (Wildman–Crippen MR) is 137 cm³/mol. The van der Waals surface area contributed by atoms with Gasteiger partial charge in [0.1, 0.15) is 11.8 Å². The quantitative estimate of drug-likeness (QED) is 0.250. The van der Waals surface area contributed by atoms with Gasteiger partial charge in [-0.3, -0.25) is 9.59 Å². The van der Waals surface area contributed by atoms with Crippen molar-refractivity contribution in [3.05, 3.63) is 41.5 Å². The number of alkyl halides is 7. The van der Waals surface area contributed by atoms with E-state index >= 15 is 0 Å². The second-order valence-electron chi connectivity index (χ2n) is 11.1. The summed E-state index contributed by atoms with van der Waals surface area (Å²) in [5.41, 5.74) is 0.830. The number of fused-ring (bicyclic) bond motifs is 1. The minimum Gasteiger partial charge on any atom is -0.469 e. The summed E-state index contributed by atoms with van der Waals surface area (Å²) in [6.45, 7) is -1.03. The molecule has 10 nitrogen and oxygen atoms in total. The fourth-order valence-corrected chi connectivity index (χ4v) is 5.30. The highest BCUT2D eigenvalue weighted by molar-refractivity contribution is 5.96. The molecule has 2 N–H and O–H groups in total. The highest BCUT2D eigenvalue weighted by atomic mass is 19.4. The van der Waals surface area contributed by atoms with Gasteiger partial charge in [0.2, 0.25) is 11.8 Å². The van der Waals surface area contributed by atoms with Gasteiger partial charge < -0.3 is 19.9 Å². The first-order valence-electron chi connectivity index (χ1n) is 14.0. The van der Waals surface area contributed by atoms with Crippen molar-refractivity contribution in [1.29, 1.82) is 0 Å². The van der Waals surface area contributed by atoms with Crippen LogP contribution in [0.2, 0.25) is 0 Å². The maximum atomic E-state index is 14.0. The maximum absolute atomic E-state index is 14.0. The van der Waals surface area contributed by atoms with Crippen LogP contribution in [0.3, 0.4) is 0 Å². The Bertz CT molecular complexity index is 1460. The molecular weight excluding hydrogens is 605 g/mol. The molecule has 3 aromatic rings. The van der Waals surface area contributed by atoms with E-state index in [9.17, 15) is 40.3 Å². The van der Waals surface area contributed by atoms with Crippen LogP contribution < -0.4 is 15.4 Å². The molecule has 0 aliphatic heterocycles. The van der Waals surface area contributed by atoms with Gasteiger partial charge >= 0.3 is 6.18 Å². The molecule has 44 heavy (non-hydrogen) atoms. The van der Waals surface area contributed by atoms with E-state index in [1.165, 1.54) is 16.9 Å². The Kier molecular flexibility index (Phi) is 9.02. The molecule has 2 saturated carbocycles. The Balaban J connectivity index is 1.39. The number of rotatable bonds is 12. The number of amides is 2. The molecule has 2 atom stereocenters. The summed E-state index contributed by atoms with van der Waals surface area (Å²) < 4.78 is 102. The van der Waals surface area contributed by atoms with Crippen molar-refractivity contribution in [2.75, 3.05) is 6.61 Å². The van der Waals surface area contributed by atoms with Crippen molar-refractivity contribution in [2.45, 2.75) is 82.0 Å². The van der Waals surface area contributed by atoms with Gasteiger partial charge in [0.15, 0.2) is 12.3 Å². The third-order valence-electron chi connectivity index (χ3n) is 7.73. The van der Waals surface area contributed by atoms with Crippen LogP contribution in [0, 0.1) is 11.8 Å². The zero-order valence-electron chi connectivity index (χ0n) is 23.1. The zero-order valence-corrected chi connectivity index (χ0v) is 23.1. The van der Waals surface area contributed by atoms with E-state index in [1.807, 2.05) is 0 Å². The predicted octanol–water partition coefficient (Wildman–Crippen LogP) is 5.57. The van der Waals surface area contributed by atoms with Gasteiger partial charge in [0, 0.05) is 19.3 Å². The monoisotopic (exact) mass is 634 g/mol. The highest BCUT2D eigenvalue weighted by Gasteiger charge is 2.40. The minimum absolute atomic E-state index is 0.0181. The first-order chi connectivity index (χ1) is 20.8. The summed E-state index contributed by atoms with van der Waals surface area (Å²) >= 11 is 0. The molecule has 2 aliphatic carbocycles. The number of hydrogen-bond donors (Lipinski definition) is 2. The Morgan fingerprint density at radius 3 is 2.45 bits per heavy atom. The lowest BCUT2D eigenvalue weighted by Gasteiger charge is -2.33. The summed E-state index contributed by atoms with van der Waals surface area (Å²) in [7, 11) is 0. The molecule has 2 amide bonds. The van der Waals surface area contributed by atoms with E-state index in [4.69, 9.17) is 9.26 Å². The first kappa shape index (κ1) is 31.5. The van der Waals surface area contributed by atoms with Crippen LogP contribution in [-0.4, -0.2) is 56.7 Å². The summed E-state index contributed by atoms with van der Waals surface area (Å²) in [5, 5.41) is 13.2. The van der Waals surface area contributed by atoms with E-state index in [0.717, 1.165) is 19.1 Å². The third kappa shape index (κ3) is 7.96. The van der Waals surface area contributed by atoms with Gasteiger partial charge in [-0.1, -0.05) is 0 Å². The highest BCUT2D eigenvalue weighted by Crippen LogP contribution is 2.43. The zero-order chi connectivity index (χ0) is 31.6. The van der Waals surface area contributed by atoms with E-state index < -0.39 is 86.5 Å². The van der Waals surface area contributed by atoms with Crippen molar-refractivity contribution in [1.82, 2.24) is 30.4 Å². The van der Waals surface area contributed by atoms with Crippen LogP contribution in [0.4, 0.5) is 30.7 Å². The molecule has 0 bridgehead atoms. The second kappa shape index (κ2) is 12.6. The van der Waals surface area contributed by atoms with Gasteiger partial charge in [0.25, 0.3) is 18.2 Å². The van der Waals surface area contributed by atoms with Crippen molar-refractivity contribution >= 4 is 17.5 Å². The average molecular weight is 635 g/mol. The molecule has 0 spiro atoms. The lowest BCUT2D eigenvalue weighted by atomic mass is 9.81. The molecule has 17 heteroatoms. The number of halogens is 7. The second-order valence-corrected chi connectivity index (χ2v) is 11.1. The normalized spacial score (nSPS) is 18.7. The Hall–Kier alpha value is -3.92. The molecule has 0 aromatic carbocycles. The number of ether oxygens (including phenoxy) is 1. The van der Waals surface area contributed by atoms with Gasteiger partial charge in [-0.25, -0.2) is 27.1 Å². The van der Waals surface area contributed by atoms with Crippen molar-refractivity contribution in [3.63, 3.8) is 0 Å². The molecule has 0 saturated heterocycles. The Labute approximate surface area is 245 Å². The number of hydrogen-bond acceptors (Lipinski definition) is 7. The molecule has 3 aromatic heterocycles. The number of carbonyl (C=O) groups is 2. The lowest BCUT2D eigenvalue weighted by molar-refractivity contribution is -0.144. The van der Waals surface area contributed by atoms with Crippen LogP contribution in [0.5, 0.6) is 5.88 Å². The Morgan fingerprint density at radius 1 is 1.09 bits per heavy atom. The van der Waals surface area contributed by atoms with Gasteiger partial charge in [0.05, 0.1) is 36.6 Å². The van der Waals surface area contributed by atoms with Gasteiger partial charge in [-0.2, -0.15) is 18.3 Å². The molecular formula is C27H29F7N6O4. The standard InChI is InChI=1S/C27H29F7N6O4/c28-19(29)13-43-25-17(12-44-39-25)24(42)38-23(15-3-6-26(30,31)7-4-15)18-11-40-20(36-18)9-16(10-35-40)22(14-1-2-14)37-21(41)5-8-27(32,33)34/h9-12,14-15,19,22-23H,1-8,13H2,(H,37,41)(H,38,42)/t22?,23-/m0/s1. The average Bonchev–Trinajstić information content (AvgIpc) is 3.52.